The third-order valence-corrected chi connectivity index (χ3v) is 6.42. The molecule has 0 aliphatic carbocycles. The molecule has 33 heavy (non-hydrogen) atoms. The number of hydrogen-bond donors (Lipinski definition) is 2. The number of rotatable bonds is 6. The largest absolute Gasteiger partial charge is 0.490 e. The van der Waals surface area contributed by atoms with Crippen LogP contribution in [0.2, 0.25) is 0 Å². The van der Waals surface area contributed by atoms with Crippen molar-refractivity contribution in [2.24, 2.45) is 0 Å². The van der Waals surface area contributed by atoms with Crippen LogP contribution >= 0.6 is 0 Å². The van der Waals surface area contributed by atoms with Crippen molar-refractivity contribution in [3.05, 3.63) is 48.0 Å². The molecular formula is C18H23F3N6O5S. The molecule has 2 aromatic heterocycles. The summed E-state index contributed by atoms with van der Waals surface area (Å²) in [5.74, 6) is -2.96. The van der Waals surface area contributed by atoms with Crippen molar-refractivity contribution in [2.45, 2.75) is 25.2 Å². The summed E-state index contributed by atoms with van der Waals surface area (Å²) in [6.45, 7) is 1.02. The molecule has 1 amide bonds. The number of halogens is 3. The first kappa shape index (κ1) is 26.2. The summed E-state index contributed by atoms with van der Waals surface area (Å²) < 4.78 is 61.2. The molecule has 0 spiro atoms. The number of pyridine rings is 1. The number of amides is 1. The van der Waals surface area contributed by atoms with Crippen LogP contribution in [-0.4, -0.2) is 82.1 Å². The Balaban J connectivity index is 0.000000479. The van der Waals surface area contributed by atoms with Crippen LogP contribution < -0.4 is 5.32 Å². The number of carboxylic acids is 1. The van der Waals surface area contributed by atoms with Gasteiger partial charge in [0.15, 0.2) is 0 Å². The number of nitrogens with zero attached hydrogens (tertiary/aromatic N) is 5. The Morgan fingerprint density at radius 1 is 1.27 bits per heavy atom. The maximum atomic E-state index is 12.5. The molecule has 11 nitrogen and oxygen atoms in total. The zero-order valence-electron chi connectivity index (χ0n) is 17.7. The van der Waals surface area contributed by atoms with Crippen LogP contribution in [0.3, 0.4) is 0 Å². The summed E-state index contributed by atoms with van der Waals surface area (Å²) in [7, 11) is -0.471. The van der Waals surface area contributed by atoms with Crippen LogP contribution in [0, 0.1) is 0 Å². The Morgan fingerprint density at radius 3 is 2.48 bits per heavy atom. The number of aliphatic carboxylic acids is 1. The highest BCUT2D eigenvalue weighted by atomic mass is 32.2. The van der Waals surface area contributed by atoms with Crippen molar-refractivity contribution in [3.63, 3.8) is 0 Å². The lowest BCUT2D eigenvalue weighted by Crippen LogP contribution is -2.46. The summed E-state index contributed by atoms with van der Waals surface area (Å²) in [5.41, 5.74) is 1.33. The normalized spacial score (nSPS) is 16.5. The fourth-order valence-corrected chi connectivity index (χ4v) is 4.04. The summed E-state index contributed by atoms with van der Waals surface area (Å²) in [4.78, 5) is 24.9. The minimum absolute atomic E-state index is 0.141. The topological polar surface area (TPSA) is 138 Å². The molecule has 1 atom stereocenters. The van der Waals surface area contributed by atoms with Gasteiger partial charge in [-0.05, 0) is 24.6 Å². The maximum absolute atomic E-state index is 12.5. The van der Waals surface area contributed by atoms with E-state index in [4.69, 9.17) is 9.90 Å². The molecule has 0 fully saturated rings. The highest BCUT2D eigenvalue weighted by Gasteiger charge is 2.38. The number of nitrogens with one attached hydrogen (secondary N) is 1. The molecule has 0 bridgehead atoms. The molecule has 3 heterocycles. The van der Waals surface area contributed by atoms with Gasteiger partial charge in [0.1, 0.15) is 0 Å². The third kappa shape index (κ3) is 6.97. The lowest BCUT2D eigenvalue weighted by molar-refractivity contribution is -0.192. The van der Waals surface area contributed by atoms with Crippen LogP contribution in [0.4, 0.5) is 13.2 Å². The zero-order chi connectivity index (χ0) is 24.8. The number of hydrogen-bond acceptors (Lipinski definition) is 6. The number of fused-ring (bicyclic) bond motifs is 1. The predicted octanol–water partition coefficient (Wildman–Crippen LogP) is 0.895. The maximum Gasteiger partial charge on any atom is 0.490 e. The number of carbonyl (C=O) groups is 2. The van der Waals surface area contributed by atoms with E-state index in [1.54, 1.807) is 24.5 Å². The van der Waals surface area contributed by atoms with Gasteiger partial charge in [-0.1, -0.05) is 0 Å². The van der Waals surface area contributed by atoms with Gasteiger partial charge in [-0.25, -0.2) is 4.79 Å². The number of carbonyl (C=O) groups excluding carboxylic acids is 1. The van der Waals surface area contributed by atoms with E-state index in [9.17, 15) is 26.4 Å². The van der Waals surface area contributed by atoms with Crippen molar-refractivity contribution in [3.8, 4) is 0 Å². The molecule has 0 saturated heterocycles. The molecule has 3 rings (SSSR count). The van der Waals surface area contributed by atoms with Gasteiger partial charge in [0.2, 0.25) is 0 Å². The van der Waals surface area contributed by atoms with Crippen LogP contribution in [0.25, 0.3) is 0 Å². The first-order chi connectivity index (χ1) is 15.3. The first-order valence-corrected chi connectivity index (χ1v) is 10.9. The number of aromatic nitrogens is 3. The average molecular weight is 492 g/mol. The van der Waals surface area contributed by atoms with Gasteiger partial charge in [0, 0.05) is 45.8 Å². The van der Waals surface area contributed by atoms with E-state index in [-0.39, 0.29) is 11.9 Å². The van der Waals surface area contributed by atoms with E-state index in [1.807, 2.05) is 10.7 Å². The standard InChI is InChI=1S/C16H22N6O3S.C2HF3O2/c1-20(2)26(24,25)21-11-14(22-15(12-21)6-9-19-22)5-8-18-16(23)13-4-3-7-17-10-13;3-2(4,5)1(6)7/h3-4,6-7,9-10,14H,5,8,11-12H2,1-2H3,(H,18,23);(H,6,7). The first-order valence-electron chi connectivity index (χ1n) is 9.52. The van der Waals surface area contributed by atoms with Crippen LogP contribution in [0.5, 0.6) is 0 Å². The van der Waals surface area contributed by atoms with E-state index in [0.717, 1.165) is 5.69 Å². The van der Waals surface area contributed by atoms with Gasteiger partial charge in [-0.2, -0.15) is 35.3 Å². The quantitative estimate of drug-likeness (QED) is 0.611. The molecule has 15 heteroatoms. The number of carboxylic acid groups (broad SMARTS) is 1. The molecule has 0 saturated carbocycles. The second-order valence-corrected chi connectivity index (χ2v) is 9.24. The smallest absolute Gasteiger partial charge is 0.475 e. The predicted molar refractivity (Wildman–Crippen MR) is 109 cm³/mol. The molecule has 1 aliphatic heterocycles. The highest BCUT2D eigenvalue weighted by Crippen LogP contribution is 2.25. The Kier molecular flexibility index (Phi) is 8.51. The van der Waals surface area contributed by atoms with Gasteiger partial charge >= 0.3 is 12.1 Å². The Hall–Kier alpha value is -3.04. The van der Waals surface area contributed by atoms with Crippen molar-refractivity contribution in [1.82, 2.24) is 28.7 Å². The van der Waals surface area contributed by atoms with E-state index < -0.39 is 22.4 Å². The van der Waals surface area contributed by atoms with Crippen molar-refractivity contribution < 1.29 is 36.3 Å². The molecule has 1 aliphatic rings. The Bertz CT molecular complexity index is 1060. The third-order valence-electron chi connectivity index (χ3n) is 4.57. The van der Waals surface area contributed by atoms with E-state index in [0.29, 0.717) is 31.6 Å². The van der Waals surface area contributed by atoms with Crippen molar-refractivity contribution in [1.29, 1.82) is 0 Å². The van der Waals surface area contributed by atoms with Crippen LogP contribution in [0.15, 0.2) is 36.8 Å². The minimum Gasteiger partial charge on any atom is -0.475 e. The van der Waals surface area contributed by atoms with Gasteiger partial charge in [-0.15, -0.1) is 0 Å². The van der Waals surface area contributed by atoms with Gasteiger partial charge in [0.05, 0.1) is 23.8 Å². The summed E-state index contributed by atoms with van der Waals surface area (Å²) in [6, 6.07) is 5.08. The van der Waals surface area contributed by atoms with Gasteiger partial charge in [-0.3, -0.25) is 14.5 Å². The minimum atomic E-state index is -5.08. The van der Waals surface area contributed by atoms with Gasteiger partial charge < -0.3 is 10.4 Å². The Labute approximate surface area is 188 Å². The molecular weight excluding hydrogens is 469 g/mol. The lowest BCUT2D eigenvalue weighted by Gasteiger charge is -2.34. The number of alkyl halides is 3. The lowest BCUT2D eigenvalue weighted by atomic mass is 10.1. The van der Waals surface area contributed by atoms with E-state index >= 15 is 0 Å². The SMILES string of the molecule is CN(C)S(=O)(=O)N1Cc2ccnn2C(CCNC(=O)c2cccnc2)C1.O=C(O)C(F)(F)F. The van der Waals surface area contributed by atoms with Gasteiger partial charge in [0.25, 0.3) is 16.1 Å². The van der Waals surface area contributed by atoms with Crippen LogP contribution in [-0.2, 0) is 21.5 Å². The second-order valence-electron chi connectivity index (χ2n) is 7.09. The highest BCUT2D eigenvalue weighted by molar-refractivity contribution is 7.86. The molecule has 0 aromatic carbocycles. The zero-order valence-corrected chi connectivity index (χ0v) is 18.5. The van der Waals surface area contributed by atoms with Crippen molar-refractivity contribution in [2.75, 3.05) is 27.2 Å². The van der Waals surface area contributed by atoms with E-state index in [1.165, 1.54) is 28.9 Å². The average Bonchev–Trinajstić information content (AvgIpc) is 3.23. The molecule has 182 valence electrons. The molecule has 2 aromatic rings. The summed E-state index contributed by atoms with van der Waals surface area (Å²) >= 11 is 0. The van der Waals surface area contributed by atoms with Crippen molar-refractivity contribution >= 4 is 22.1 Å². The molecule has 1 unspecified atom stereocenters. The fraction of sp³-hybridized carbons (Fsp3) is 0.444. The second kappa shape index (κ2) is 10.7. The molecule has 0 radical (unpaired) electrons. The van der Waals surface area contributed by atoms with E-state index in [2.05, 4.69) is 15.4 Å². The summed E-state index contributed by atoms with van der Waals surface area (Å²) in [5, 5.41) is 14.3. The Morgan fingerprint density at radius 2 is 1.94 bits per heavy atom. The fourth-order valence-electron chi connectivity index (χ4n) is 2.93. The van der Waals surface area contributed by atoms with Crippen LogP contribution in [0.1, 0.15) is 28.5 Å². The molecule has 2 N–H and O–H groups in total. The monoisotopic (exact) mass is 492 g/mol. The summed E-state index contributed by atoms with van der Waals surface area (Å²) in [6.07, 6.45) is 0.271.